The molecule has 1 unspecified atom stereocenters. The Morgan fingerprint density at radius 1 is 1.15 bits per heavy atom. The van der Waals surface area contributed by atoms with Crippen LogP contribution in [0.3, 0.4) is 0 Å². The van der Waals surface area contributed by atoms with E-state index in [9.17, 15) is 9.59 Å². The van der Waals surface area contributed by atoms with Gasteiger partial charge in [0, 0.05) is 23.4 Å². The van der Waals surface area contributed by atoms with Crippen molar-refractivity contribution >= 4 is 36.3 Å². The number of hydrogen-bond donors (Lipinski definition) is 3. The highest BCUT2D eigenvalue weighted by molar-refractivity contribution is 5.98. The van der Waals surface area contributed by atoms with Gasteiger partial charge in [-0.2, -0.15) is 0 Å². The van der Waals surface area contributed by atoms with E-state index < -0.39 is 18.1 Å². The largest absolute Gasteiger partial charge is 0.453 e. The molecule has 2 aromatic carbocycles. The first-order valence-electron chi connectivity index (χ1n) is 11.1. The van der Waals surface area contributed by atoms with Crippen molar-refractivity contribution in [1.29, 1.82) is 0 Å². The van der Waals surface area contributed by atoms with Crippen LogP contribution in [0.1, 0.15) is 42.0 Å². The second-order valence-electron chi connectivity index (χ2n) is 7.67. The van der Waals surface area contributed by atoms with Crippen LogP contribution in [-0.4, -0.2) is 36.9 Å². The molecule has 3 N–H and O–H groups in total. The number of carbonyl (C=O) groups is 2. The maximum Gasteiger partial charge on any atom is 0.407 e. The fourth-order valence-electron chi connectivity index (χ4n) is 4.03. The van der Waals surface area contributed by atoms with Gasteiger partial charge in [0.2, 0.25) is 5.91 Å². The van der Waals surface area contributed by atoms with Crippen LogP contribution in [0.15, 0.2) is 71.9 Å². The molecule has 0 spiro atoms. The zero-order chi connectivity index (χ0) is 24.5. The Kier molecular flexibility index (Phi) is 8.40. The molecule has 3 aromatic rings. The topological polar surface area (TPSA) is 95.6 Å². The number of hydrogen-bond acceptors (Lipinski definition) is 4. The van der Waals surface area contributed by atoms with Crippen LogP contribution < -0.4 is 10.6 Å². The Bertz CT molecular complexity index is 1170. The molecule has 0 aliphatic heterocycles. The lowest BCUT2D eigenvalue weighted by atomic mass is 9.83. The van der Waals surface area contributed by atoms with Gasteiger partial charge in [0.15, 0.2) is 0 Å². The third-order valence-electron chi connectivity index (χ3n) is 5.65. The van der Waals surface area contributed by atoms with E-state index in [2.05, 4.69) is 27.3 Å². The summed E-state index contributed by atoms with van der Waals surface area (Å²) in [7, 11) is 1.27. The van der Waals surface area contributed by atoms with E-state index in [1.807, 2.05) is 80.6 Å². The number of anilines is 1. The standard InChI is InChI=1S/C27H30N4O3/c1-5-12-20-21(17-29-25(20)28-3)23(19-14-8-7-9-15-19)24(31-27(33)34-4)26(32)30-22-16-11-10-13-18(22)6-2/h5,7-17,23-24,29H,3,6H2,1-2,4H3,(H,30,32)(H,31,33)/b12-5-/t23?,24-/m0/s1. The second kappa shape index (κ2) is 11.7. The second-order valence-corrected chi connectivity index (χ2v) is 7.67. The Morgan fingerprint density at radius 2 is 1.85 bits per heavy atom. The van der Waals surface area contributed by atoms with Gasteiger partial charge in [-0.1, -0.05) is 67.6 Å². The number of aromatic amines is 1. The molecule has 2 amide bonds. The highest BCUT2D eigenvalue weighted by Crippen LogP contribution is 2.36. The smallest absolute Gasteiger partial charge is 0.407 e. The van der Waals surface area contributed by atoms with Crippen LogP contribution in [0, 0.1) is 0 Å². The molecule has 1 heterocycles. The van der Waals surface area contributed by atoms with Crippen LogP contribution in [-0.2, 0) is 16.0 Å². The summed E-state index contributed by atoms with van der Waals surface area (Å²) in [5.41, 5.74) is 4.15. The molecule has 2 atom stereocenters. The fraction of sp³-hybridized carbons (Fsp3) is 0.222. The van der Waals surface area contributed by atoms with Gasteiger partial charge in [0.1, 0.15) is 11.9 Å². The number of methoxy groups -OCH3 is 1. The van der Waals surface area contributed by atoms with E-state index in [4.69, 9.17) is 4.74 Å². The van der Waals surface area contributed by atoms with E-state index in [0.717, 1.165) is 28.7 Å². The van der Waals surface area contributed by atoms with E-state index in [1.54, 1.807) is 6.20 Å². The first kappa shape index (κ1) is 24.5. The Labute approximate surface area is 200 Å². The summed E-state index contributed by atoms with van der Waals surface area (Å²) in [6, 6.07) is 16.2. The van der Waals surface area contributed by atoms with Crippen molar-refractivity contribution in [3.05, 3.63) is 89.1 Å². The monoisotopic (exact) mass is 458 g/mol. The molecule has 1 aromatic heterocycles. The molecule has 3 rings (SSSR count). The van der Waals surface area contributed by atoms with Crippen LogP contribution in [0.5, 0.6) is 0 Å². The number of benzene rings is 2. The van der Waals surface area contributed by atoms with Crippen molar-refractivity contribution in [2.75, 3.05) is 12.4 Å². The van der Waals surface area contributed by atoms with Gasteiger partial charge in [0.05, 0.1) is 7.11 Å². The van der Waals surface area contributed by atoms with E-state index >= 15 is 0 Å². The minimum Gasteiger partial charge on any atom is -0.453 e. The zero-order valence-corrected chi connectivity index (χ0v) is 19.7. The number of nitrogens with zero attached hydrogens (tertiary/aromatic N) is 1. The zero-order valence-electron chi connectivity index (χ0n) is 19.7. The normalized spacial score (nSPS) is 12.7. The highest BCUT2D eigenvalue weighted by atomic mass is 16.5. The number of para-hydroxylation sites is 1. The van der Waals surface area contributed by atoms with E-state index in [-0.39, 0.29) is 5.91 Å². The number of rotatable bonds is 9. The number of aromatic nitrogens is 1. The van der Waals surface area contributed by atoms with Crippen molar-refractivity contribution in [2.45, 2.75) is 32.2 Å². The Morgan fingerprint density at radius 3 is 2.50 bits per heavy atom. The fourth-order valence-corrected chi connectivity index (χ4v) is 4.03. The highest BCUT2D eigenvalue weighted by Gasteiger charge is 2.35. The summed E-state index contributed by atoms with van der Waals surface area (Å²) >= 11 is 0. The molecule has 7 nitrogen and oxygen atoms in total. The lowest BCUT2D eigenvalue weighted by molar-refractivity contribution is -0.118. The lowest BCUT2D eigenvalue weighted by Crippen LogP contribution is -2.48. The van der Waals surface area contributed by atoms with Crippen molar-refractivity contribution in [2.24, 2.45) is 4.99 Å². The van der Waals surface area contributed by atoms with Crippen LogP contribution in [0.2, 0.25) is 0 Å². The van der Waals surface area contributed by atoms with Gasteiger partial charge in [0.25, 0.3) is 0 Å². The molecule has 0 aliphatic carbocycles. The molecule has 176 valence electrons. The summed E-state index contributed by atoms with van der Waals surface area (Å²) in [6.45, 7) is 7.58. The lowest BCUT2D eigenvalue weighted by Gasteiger charge is -2.28. The molecule has 34 heavy (non-hydrogen) atoms. The van der Waals surface area contributed by atoms with E-state index in [1.165, 1.54) is 7.11 Å². The molecule has 0 saturated heterocycles. The van der Waals surface area contributed by atoms with Crippen LogP contribution >= 0.6 is 0 Å². The number of alkyl carbamates (subject to hydrolysis) is 1. The molecule has 0 saturated carbocycles. The predicted molar refractivity (Wildman–Crippen MR) is 137 cm³/mol. The van der Waals surface area contributed by atoms with Crippen molar-refractivity contribution < 1.29 is 14.3 Å². The minimum atomic E-state index is -0.975. The summed E-state index contributed by atoms with van der Waals surface area (Å²) in [6.07, 6.45) is 5.66. The Balaban J connectivity index is 2.15. The quantitative estimate of drug-likeness (QED) is 0.373. The van der Waals surface area contributed by atoms with Crippen LogP contribution in [0.4, 0.5) is 16.3 Å². The average Bonchev–Trinajstić information content (AvgIpc) is 3.26. The molecule has 0 bridgehead atoms. The number of allylic oxidation sites excluding steroid dienone is 1. The van der Waals surface area contributed by atoms with Gasteiger partial charge >= 0.3 is 6.09 Å². The van der Waals surface area contributed by atoms with Crippen molar-refractivity contribution in [3.8, 4) is 0 Å². The van der Waals surface area contributed by atoms with Crippen LogP contribution in [0.25, 0.3) is 6.08 Å². The minimum absolute atomic E-state index is 0.360. The Hall–Kier alpha value is -4.13. The molecular weight excluding hydrogens is 428 g/mol. The summed E-state index contributed by atoms with van der Waals surface area (Å²) in [5, 5.41) is 5.77. The number of nitrogens with one attached hydrogen (secondary N) is 3. The number of aliphatic imine (C=N–C) groups is 1. The maximum atomic E-state index is 13.7. The average molecular weight is 459 g/mol. The van der Waals surface area contributed by atoms with Crippen molar-refractivity contribution in [1.82, 2.24) is 10.3 Å². The third-order valence-corrected chi connectivity index (χ3v) is 5.65. The number of aryl methyl sites for hydroxylation is 1. The first-order valence-corrected chi connectivity index (χ1v) is 11.1. The summed E-state index contributed by atoms with van der Waals surface area (Å²) in [4.78, 5) is 33.3. The molecule has 7 heteroatoms. The number of carbonyl (C=O) groups excluding carboxylic acids is 2. The third kappa shape index (κ3) is 5.43. The molecular formula is C27H30N4O3. The van der Waals surface area contributed by atoms with Gasteiger partial charge in [-0.05, 0) is 42.8 Å². The number of H-pyrrole nitrogens is 1. The molecule has 0 fully saturated rings. The predicted octanol–water partition coefficient (Wildman–Crippen LogP) is 5.44. The summed E-state index contributed by atoms with van der Waals surface area (Å²) in [5.74, 6) is -0.310. The van der Waals surface area contributed by atoms with Gasteiger partial charge in [-0.25, -0.2) is 9.79 Å². The number of ether oxygens (including phenoxy) is 1. The molecule has 0 radical (unpaired) electrons. The van der Waals surface area contributed by atoms with Gasteiger partial charge in [-0.3, -0.25) is 4.79 Å². The first-order chi connectivity index (χ1) is 16.5. The maximum absolute atomic E-state index is 13.7. The van der Waals surface area contributed by atoms with E-state index in [0.29, 0.717) is 11.5 Å². The van der Waals surface area contributed by atoms with Gasteiger partial charge in [-0.15, -0.1) is 0 Å². The number of amides is 2. The SMILES string of the molecule is C=Nc1[nH]cc(C(c2ccccc2)[C@H](NC(=O)OC)C(=O)Nc2ccccc2CC)c1/C=C\C. The summed E-state index contributed by atoms with van der Waals surface area (Å²) < 4.78 is 4.87. The van der Waals surface area contributed by atoms with Gasteiger partial charge < -0.3 is 20.4 Å². The molecule has 0 aliphatic rings. The van der Waals surface area contributed by atoms with Crippen molar-refractivity contribution in [3.63, 3.8) is 0 Å².